The third-order valence-electron chi connectivity index (χ3n) is 5.09. The van der Waals surface area contributed by atoms with Crippen LogP contribution < -0.4 is 25.6 Å². The molecule has 9 heteroatoms. The number of nitrogens with one attached hydrogen (secondary N) is 3. The maximum Gasteiger partial charge on any atom is 0.321 e. The normalized spacial score (nSPS) is 14.1. The summed E-state index contributed by atoms with van der Waals surface area (Å²) in [4.78, 5) is 30.8. The molecule has 9 nitrogen and oxygen atoms in total. The molecule has 1 fully saturated rings. The van der Waals surface area contributed by atoms with Crippen LogP contribution >= 0.6 is 0 Å². The van der Waals surface area contributed by atoms with Gasteiger partial charge >= 0.3 is 12.1 Å². The molecular formula is C22H24N6O3. The van der Waals surface area contributed by atoms with E-state index in [4.69, 9.17) is 4.74 Å². The Morgan fingerprint density at radius 1 is 1.23 bits per heavy atom. The van der Waals surface area contributed by atoms with E-state index in [0.717, 1.165) is 11.3 Å². The van der Waals surface area contributed by atoms with E-state index >= 15 is 0 Å². The van der Waals surface area contributed by atoms with Crippen molar-refractivity contribution in [2.75, 3.05) is 30.4 Å². The summed E-state index contributed by atoms with van der Waals surface area (Å²) < 4.78 is 7.19. The molecule has 3 N–H and O–H groups in total. The first kappa shape index (κ1) is 20.3. The van der Waals surface area contributed by atoms with Crippen LogP contribution in [0, 0.1) is 0 Å². The lowest BCUT2D eigenvalue weighted by Gasteiger charge is -2.20. The molecule has 0 radical (unpaired) electrons. The van der Waals surface area contributed by atoms with Crippen LogP contribution in [0.4, 0.5) is 21.0 Å². The zero-order chi connectivity index (χ0) is 21.8. The van der Waals surface area contributed by atoms with Crippen molar-refractivity contribution in [3.05, 3.63) is 72.3 Å². The maximum absolute atomic E-state index is 12.9. The van der Waals surface area contributed by atoms with Gasteiger partial charge in [-0.2, -0.15) is 0 Å². The van der Waals surface area contributed by atoms with Gasteiger partial charge in [0.1, 0.15) is 17.6 Å². The van der Waals surface area contributed by atoms with Crippen LogP contribution in [0.15, 0.2) is 60.9 Å². The smallest absolute Gasteiger partial charge is 0.321 e. The second kappa shape index (κ2) is 8.78. The molecule has 1 unspecified atom stereocenters. The van der Waals surface area contributed by atoms with E-state index in [1.807, 2.05) is 48.1 Å². The number of nitrogens with zero attached hydrogens (tertiary/aromatic N) is 3. The minimum absolute atomic E-state index is 0.144. The van der Waals surface area contributed by atoms with Crippen molar-refractivity contribution < 1.29 is 14.3 Å². The van der Waals surface area contributed by atoms with Gasteiger partial charge in [-0.3, -0.25) is 4.90 Å². The van der Waals surface area contributed by atoms with Gasteiger partial charge in [-0.05, 0) is 35.9 Å². The Morgan fingerprint density at radius 3 is 2.77 bits per heavy atom. The van der Waals surface area contributed by atoms with E-state index in [9.17, 15) is 9.59 Å². The highest BCUT2D eigenvalue weighted by Crippen LogP contribution is 2.25. The summed E-state index contributed by atoms with van der Waals surface area (Å²) in [6.07, 6.45) is 3.51. The number of methoxy groups -OCH3 is 1. The number of aromatic nitrogens is 2. The number of aryl methyl sites for hydroxylation is 1. The van der Waals surface area contributed by atoms with Gasteiger partial charge in [-0.25, -0.2) is 14.6 Å². The van der Waals surface area contributed by atoms with Crippen molar-refractivity contribution in [3.8, 4) is 5.75 Å². The highest BCUT2D eigenvalue weighted by molar-refractivity contribution is 5.96. The Bertz CT molecular complexity index is 1100. The molecule has 2 aromatic carbocycles. The first-order valence-electron chi connectivity index (χ1n) is 9.89. The highest BCUT2D eigenvalue weighted by Gasteiger charge is 2.23. The van der Waals surface area contributed by atoms with Crippen LogP contribution in [0.25, 0.3) is 0 Å². The molecule has 160 valence electrons. The van der Waals surface area contributed by atoms with Crippen LogP contribution in [0.1, 0.15) is 17.4 Å². The van der Waals surface area contributed by atoms with Gasteiger partial charge in [-0.1, -0.05) is 18.2 Å². The van der Waals surface area contributed by atoms with Crippen LogP contribution in [0.2, 0.25) is 0 Å². The molecule has 1 atom stereocenters. The van der Waals surface area contributed by atoms with Crippen molar-refractivity contribution in [1.29, 1.82) is 0 Å². The van der Waals surface area contributed by atoms with Crippen LogP contribution in [-0.2, 0) is 7.05 Å². The Labute approximate surface area is 180 Å². The number of hydrogen-bond donors (Lipinski definition) is 3. The number of carbonyl (C=O) groups is 2. The zero-order valence-corrected chi connectivity index (χ0v) is 17.3. The second-order valence-electron chi connectivity index (χ2n) is 7.14. The number of hydrogen-bond acceptors (Lipinski definition) is 4. The average molecular weight is 420 g/mol. The summed E-state index contributed by atoms with van der Waals surface area (Å²) >= 11 is 0. The van der Waals surface area contributed by atoms with Crippen molar-refractivity contribution >= 4 is 23.4 Å². The highest BCUT2D eigenvalue weighted by atomic mass is 16.5. The molecule has 3 aromatic rings. The summed E-state index contributed by atoms with van der Waals surface area (Å²) in [5.41, 5.74) is 2.14. The van der Waals surface area contributed by atoms with Crippen molar-refractivity contribution in [2.45, 2.75) is 6.04 Å². The number of amides is 4. The third-order valence-corrected chi connectivity index (χ3v) is 5.09. The molecule has 1 aliphatic heterocycles. The van der Waals surface area contributed by atoms with Gasteiger partial charge in [0.15, 0.2) is 0 Å². The maximum atomic E-state index is 12.9. The predicted octanol–water partition coefficient (Wildman–Crippen LogP) is 2.87. The van der Waals surface area contributed by atoms with Crippen LogP contribution in [0.5, 0.6) is 5.75 Å². The zero-order valence-electron chi connectivity index (χ0n) is 17.3. The number of imidazole rings is 1. The van der Waals surface area contributed by atoms with Gasteiger partial charge in [0, 0.05) is 43.9 Å². The molecule has 1 saturated heterocycles. The quantitative estimate of drug-likeness (QED) is 0.571. The fourth-order valence-electron chi connectivity index (χ4n) is 3.54. The van der Waals surface area contributed by atoms with E-state index in [2.05, 4.69) is 20.9 Å². The minimum Gasteiger partial charge on any atom is -0.497 e. The Balaban J connectivity index is 1.54. The number of carbonyl (C=O) groups excluding carboxylic acids is 2. The molecule has 4 amide bonds. The minimum atomic E-state index is -0.484. The second-order valence-corrected chi connectivity index (χ2v) is 7.14. The fourth-order valence-corrected chi connectivity index (χ4v) is 3.54. The van der Waals surface area contributed by atoms with E-state index < -0.39 is 6.04 Å². The molecule has 1 aromatic heterocycles. The van der Waals surface area contributed by atoms with Crippen molar-refractivity contribution in [2.24, 2.45) is 7.05 Å². The fraction of sp³-hybridized carbons (Fsp3) is 0.227. The van der Waals surface area contributed by atoms with Crippen molar-refractivity contribution in [1.82, 2.24) is 20.2 Å². The number of rotatable bonds is 6. The number of anilines is 2. The van der Waals surface area contributed by atoms with Gasteiger partial charge < -0.3 is 25.3 Å². The molecule has 0 spiro atoms. The van der Waals surface area contributed by atoms with E-state index in [0.29, 0.717) is 30.4 Å². The average Bonchev–Trinajstić information content (AvgIpc) is 3.40. The van der Waals surface area contributed by atoms with E-state index in [1.54, 1.807) is 36.4 Å². The number of urea groups is 2. The Morgan fingerprint density at radius 2 is 2.06 bits per heavy atom. The Kier molecular flexibility index (Phi) is 5.74. The predicted molar refractivity (Wildman–Crippen MR) is 117 cm³/mol. The molecule has 0 bridgehead atoms. The molecule has 1 aliphatic rings. The van der Waals surface area contributed by atoms with Crippen LogP contribution in [0.3, 0.4) is 0 Å². The Hall–Kier alpha value is -4.01. The van der Waals surface area contributed by atoms with E-state index in [-0.39, 0.29) is 12.1 Å². The summed E-state index contributed by atoms with van der Waals surface area (Å²) in [6.45, 7) is 1.19. The SMILES string of the molecule is COc1cccc(C(NC(=O)Nc2cccc(N3CCNC3=O)c2)c2nccn2C)c1. The lowest BCUT2D eigenvalue weighted by Crippen LogP contribution is -2.34. The van der Waals surface area contributed by atoms with Gasteiger partial charge in [0.05, 0.1) is 7.11 Å². The molecule has 31 heavy (non-hydrogen) atoms. The topological polar surface area (TPSA) is 101 Å². The van der Waals surface area contributed by atoms with Gasteiger partial charge in [0.2, 0.25) is 0 Å². The monoisotopic (exact) mass is 420 g/mol. The standard InChI is InChI=1S/C22H24N6O3/c1-27-11-9-23-20(27)19(15-5-3-8-18(13-15)31-2)26-21(29)25-16-6-4-7-17(14-16)28-12-10-24-22(28)30/h3-9,11,13-14,19H,10,12H2,1-2H3,(H,24,30)(H2,25,26,29). The summed E-state index contributed by atoms with van der Waals surface area (Å²) in [5.74, 6) is 1.38. The molecule has 2 heterocycles. The van der Waals surface area contributed by atoms with Gasteiger partial charge in [-0.15, -0.1) is 0 Å². The largest absolute Gasteiger partial charge is 0.497 e. The summed E-state index contributed by atoms with van der Waals surface area (Å²) in [6, 6.07) is 13.7. The molecule has 0 aliphatic carbocycles. The third kappa shape index (κ3) is 4.45. The number of benzene rings is 2. The first-order valence-corrected chi connectivity index (χ1v) is 9.89. The lowest BCUT2D eigenvalue weighted by atomic mass is 10.1. The number of ether oxygens (including phenoxy) is 1. The molecule has 0 saturated carbocycles. The molecule has 4 rings (SSSR count). The van der Waals surface area contributed by atoms with Gasteiger partial charge in [0.25, 0.3) is 0 Å². The summed E-state index contributed by atoms with van der Waals surface area (Å²) in [5, 5.41) is 8.62. The molecular weight excluding hydrogens is 396 g/mol. The van der Waals surface area contributed by atoms with Crippen LogP contribution in [-0.4, -0.2) is 41.8 Å². The summed E-state index contributed by atoms with van der Waals surface area (Å²) in [7, 11) is 3.47. The van der Waals surface area contributed by atoms with Crippen molar-refractivity contribution in [3.63, 3.8) is 0 Å². The lowest BCUT2D eigenvalue weighted by molar-refractivity contribution is 0.249. The van der Waals surface area contributed by atoms with E-state index in [1.165, 1.54) is 0 Å². The first-order chi connectivity index (χ1) is 15.0.